The quantitative estimate of drug-likeness (QED) is 0.497. The summed E-state index contributed by atoms with van der Waals surface area (Å²) in [7, 11) is 0. The van der Waals surface area contributed by atoms with Crippen LogP contribution < -0.4 is 5.56 Å². The molecule has 0 fully saturated rings. The molecular weight excluding hydrogens is 384 g/mol. The van der Waals surface area contributed by atoms with Crippen molar-refractivity contribution in [3.8, 4) is 17.1 Å². The lowest BCUT2D eigenvalue weighted by atomic mass is 9.86. The van der Waals surface area contributed by atoms with Crippen LogP contribution in [0.4, 0.5) is 0 Å². The topological polar surface area (TPSA) is 102 Å². The maximum absolute atomic E-state index is 13.3. The van der Waals surface area contributed by atoms with E-state index in [-0.39, 0.29) is 30.3 Å². The normalized spacial score (nSPS) is 19.6. The molecule has 0 radical (unpaired) electrons. The number of carbonyl (C=O) groups is 1. The lowest BCUT2D eigenvalue weighted by molar-refractivity contribution is -0.172. The minimum atomic E-state index is -1.85. The zero-order chi connectivity index (χ0) is 21.4. The van der Waals surface area contributed by atoms with Crippen molar-refractivity contribution in [1.29, 1.82) is 0 Å². The molecule has 0 amide bonds. The number of phenols is 1. The highest BCUT2D eigenvalue weighted by molar-refractivity contribution is 5.90. The van der Waals surface area contributed by atoms with E-state index in [0.29, 0.717) is 34.6 Å². The number of phenolic OH excluding ortho intramolecular Hbond substituents is 1. The van der Waals surface area contributed by atoms with Crippen molar-refractivity contribution in [2.45, 2.75) is 51.9 Å². The predicted octanol–water partition coefficient (Wildman–Crippen LogP) is 2.91. The number of hydrogen-bond acceptors (Lipinski definition) is 6. The minimum absolute atomic E-state index is 0.102. The summed E-state index contributed by atoms with van der Waals surface area (Å²) < 4.78 is 6.76. The monoisotopic (exact) mass is 406 g/mol. The highest BCUT2D eigenvalue weighted by Crippen LogP contribution is 2.42. The average Bonchev–Trinajstić information content (AvgIpc) is 3.07. The molecular formula is C23H22N2O5. The second-order valence-electron chi connectivity index (χ2n) is 8.31. The first-order chi connectivity index (χ1) is 14.3. The first kappa shape index (κ1) is 18.8. The maximum atomic E-state index is 13.3. The van der Waals surface area contributed by atoms with Crippen molar-refractivity contribution in [3.05, 3.63) is 56.9 Å². The second-order valence-corrected chi connectivity index (χ2v) is 8.31. The molecule has 1 aromatic carbocycles. The summed E-state index contributed by atoms with van der Waals surface area (Å²) in [6.45, 7) is 6.07. The number of carbonyl (C=O) groups excluding carboxylic acids is 1. The van der Waals surface area contributed by atoms with E-state index in [2.05, 4.69) is 13.8 Å². The Morgan fingerprint density at radius 1 is 1.23 bits per heavy atom. The summed E-state index contributed by atoms with van der Waals surface area (Å²) in [6, 6.07) is 6.81. The molecule has 1 atom stereocenters. The van der Waals surface area contributed by atoms with Crippen LogP contribution in [0.5, 0.6) is 5.75 Å². The molecule has 0 saturated heterocycles. The number of aliphatic hydroxyl groups is 1. The fourth-order valence-electron chi connectivity index (χ4n) is 4.76. The zero-order valence-corrected chi connectivity index (χ0v) is 17.0. The van der Waals surface area contributed by atoms with Gasteiger partial charge in [-0.25, -0.2) is 9.78 Å². The van der Waals surface area contributed by atoms with E-state index < -0.39 is 11.6 Å². The Kier molecular flexibility index (Phi) is 3.86. The molecule has 154 valence electrons. The third kappa shape index (κ3) is 2.32. The molecule has 3 aromatic rings. The van der Waals surface area contributed by atoms with Crippen LogP contribution in [0.2, 0.25) is 0 Å². The molecule has 30 heavy (non-hydrogen) atoms. The van der Waals surface area contributed by atoms with E-state index in [1.54, 1.807) is 29.7 Å². The van der Waals surface area contributed by atoms with Gasteiger partial charge in [0.1, 0.15) is 12.4 Å². The van der Waals surface area contributed by atoms with E-state index in [1.807, 2.05) is 6.07 Å². The summed E-state index contributed by atoms with van der Waals surface area (Å²) in [5.74, 6) is -0.446. The summed E-state index contributed by atoms with van der Waals surface area (Å²) >= 11 is 0. The van der Waals surface area contributed by atoms with Crippen LogP contribution in [-0.2, 0) is 28.3 Å². The van der Waals surface area contributed by atoms with Crippen molar-refractivity contribution < 1.29 is 19.7 Å². The number of aromatic hydroxyl groups is 1. The van der Waals surface area contributed by atoms with Crippen LogP contribution in [0.25, 0.3) is 22.3 Å². The molecule has 7 nitrogen and oxygen atoms in total. The van der Waals surface area contributed by atoms with Gasteiger partial charge in [-0.05, 0) is 36.1 Å². The van der Waals surface area contributed by atoms with Gasteiger partial charge in [0.15, 0.2) is 5.60 Å². The highest BCUT2D eigenvalue weighted by atomic mass is 16.6. The molecule has 0 unspecified atom stereocenters. The van der Waals surface area contributed by atoms with Crippen LogP contribution in [0, 0.1) is 0 Å². The number of rotatable bonds is 2. The lowest BCUT2D eigenvalue weighted by Gasteiger charge is -2.31. The molecule has 2 aromatic heterocycles. The molecule has 5 rings (SSSR count). The standard InChI is InChI=1S/C23H22N2O5/c1-4-23(29)16-8-18-20-14(9-25(18)21(27)15(16)10-30-22(23)28)19(11(2)3)13-6-5-12(26)7-17(13)24-20/h5-8,11,26,29H,4,9-10H2,1-3H3/t23-/m0/s1. The van der Waals surface area contributed by atoms with Crippen molar-refractivity contribution in [2.75, 3.05) is 0 Å². The third-order valence-electron chi connectivity index (χ3n) is 6.29. The first-order valence-electron chi connectivity index (χ1n) is 10.1. The van der Waals surface area contributed by atoms with Gasteiger partial charge >= 0.3 is 5.97 Å². The number of ether oxygens (including phenoxy) is 1. The molecule has 0 spiro atoms. The number of nitrogens with zero attached hydrogens (tertiary/aromatic N) is 2. The van der Waals surface area contributed by atoms with Gasteiger partial charge in [0.05, 0.1) is 29.0 Å². The molecule has 0 bridgehead atoms. The van der Waals surface area contributed by atoms with E-state index in [0.717, 1.165) is 16.5 Å². The van der Waals surface area contributed by atoms with E-state index in [4.69, 9.17) is 9.72 Å². The molecule has 7 heteroatoms. The lowest BCUT2D eigenvalue weighted by Crippen LogP contribution is -2.44. The van der Waals surface area contributed by atoms with Crippen LogP contribution >= 0.6 is 0 Å². The Morgan fingerprint density at radius 3 is 2.70 bits per heavy atom. The van der Waals surface area contributed by atoms with Crippen molar-refractivity contribution in [3.63, 3.8) is 0 Å². The maximum Gasteiger partial charge on any atom is 0.343 e. The number of aromatic nitrogens is 2. The molecule has 4 heterocycles. The van der Waals surface area contributed by atoms with Gasteiger partial charge in [-0.1, -0.05) is 20.8 Å². The fourth-order valence-corrected chi connectivity index (χ4v) is 4.76. The van der Waals surface area contributed by atoms with Gasteiger partial charge in [0.2, 0.25) is 0 Å². The Morgan fingerprint density at radius 2 is 2.00 bits per heavy atom. The van der Waals surface area contributed by atoms with Crippen molar-refractivity contribution in [2.24, 2.45) is 0 Å². The second kappa shape index (κ2) is 6.15. The number of hydrogen-bond donors (Lipinski definition) is 2. The fraction of sp³-hybridized carbons (Fsp3) is 0.348. The van der Waals surface area contributed by atoms with Crippen LogP contribution in [0.15, 0.2) is 29.1 Å². The smallest absolute Gasteiger partial charge is 0.343 e. The Hall–Kier alpha value is -3.19. The van der Waals surface area contributed by atoms with Gasteiger partial charge in [-0.2, -0.15) is 0 Å². The van der Waals surface area contributed by atoms with E-state index in [9.17, 15) is 19.8 Å². The SMILES string of the molecule is CC[C@@]1(O)C(=O)OCc2c1cc1n(c2=O)Cc2c-1nc1cc(O)ccc1c2C(C)C. The highest BCUT2D eigenvalue weighted by Gasteiger charge is 2.45. The number of cyclic esters (lactones) is 1. The largest absolute Gasteiger partial charge is 0.508 e. The van der Waals surface area contributed by atoms with Crippen LogP contribution in [0.3, 0.4) is 0 Å². The summed E-state index contributed by atoms with van der Waals surface area (Å²) in [6.07, 6.45) is 0.102. The van der Waals surface area contributed by atoms with E-state index >= 15 is 0 Å². The van der Waals surface area contributed by atoms with Crippen LogP contribution in [0.1, 0.15) is 55.4 Å². The van der Waals surface area contributed by atoms with Gasteiger partial charge in [-0.15, -0.1) is 0 Å². The number of esters is 1. The Balaban J connectivity index is 1.86. The van der Waals surface area contributed by atoms with Gasteiger partial charge in [-0.3, -0.25) is 4.79 Å². The summed E-state index contributed by atoms with van der Waals surface area (Å²) in [5, 5.41) is 21.9. The minimum Gasteiger partial charge on any atom is -0.508 e. The zero-order valence-electron chi connectivity index (χ0n) is 17.0. The molecule has 2 N–H and O–H groups in total. The molecule has 2 aliphatic heterocycles. The van der Waals surface area contributed by atoms with E-state index in [1.165, 1.54) is 0 Å². The Bertz CT molecular complexity index is 1310. The first-order valence-corrected chi connectivity index (χ1v) is 10.1. The average molecular weight is 406 g/mol. The van der Waals surface area contributed by atoms with Gasteiger partial charge in [0, 0.05) is 22.6 Å². The Labute approximate surface area is 172 Å². The summed E-state index contributed by atoms with van der Waals surface area (Å²) in [4.78, 5) is 30.4. The van der Waals surface area contributed by atoms with Gasteiger partial charge in [0.25, 0.3) is 5.56 Å². The molecule has 2 aliphatic rings. The third-order valence-corrected chi connectivity index (χ3v) is 6.29. The number of fused-ring (bicyclic) bond motifs is 5. The van der Waals surface area contributed by atoms with Crippen LogP contribution in [-0.4, -0.2) is 25.7 Å². The number of pyridine rings is 2. The number of benzene rings is 1. The van der Waals surface area contributed by atoms with Gasteiger partial charge < -0.3 is 19.5 Å². The molecule has 0 saturated carbocycles. The summed E-state index contributed by atoms with van der Waals surface area (Å²) in [5.41, 5.74) is 2.38. The van der Waals surface area contributed by atoms with Crippen molar-refractivity contribution >= 4 is 16.9 Å². The molecule has 0 aliphatic carbocycles. The van der Waals surface area contributed by atoms with Crippen molar-refractivity contribution in [1.82, 2.24) is 9.55 Å². The predicted molar refractivity (Wildman–Crippen MR) is 110 cm³/mol.